The van der Waals surface area contributed by atoms with Gasteiger partial charge in [-0.3, -0.25) is 0 Å². The number of hydrogen-bond acceptors (Lipinski definition) is 19. The molecule has 0 aliphatic rings. The van der Waals surface area contributed by atoms with Gasteiger partial charge in [0.15, 0.2) is 0 Å². The van der Waals surface area contributed by atoms with E-state index in [1.165, 1.54) is 0 Å². The number of rotatable bonds is 0. The van der Waals surface area contributed by atoms with Gasteiger partial charge in [0.1, 0.15) is 46.0 Å². The molecule has 122 heavy (non-hydrogen) atoms. The Morgan fingerprint density at radius 1 is 0.0984 bits per heavy atom. The van der Waals surface area contributed by atoms with E-state index < -0.39 is 0 Å². The molecule has 19 nitrogen and oxygen atoms in total. The fraction of sp³-hybridized carbons (Fsp3) is 0.302. The van der Waals surface area contributed by atoms with Crippen molar-refractivity contribution in [2.24, 2.45) is 0 Å². The normalized spacial score (nSPS) is 5.70. The molecule has 19 N–H and O–H groups in total. The second-order valence-electron chi connectivity index (χ2n) is 13.0. The third-order valence-corrected chi connectivity index (χ3v) is 7.38. The van der Waals surface area contributed by atoms with Crippen molar-refractivity contribution in [2.45, 2.75) is 125 Å². The van der Waals surface area contributed by atoms with Gasteiger partial charge < -0.3 is 149 Å². The Balaban J connectivity index is -0.0000000208. The fourth-order valence-electron chi connectivity index (χ4n) is 4.19. The molecule has 10 rings (SSSR count). The summed E-state index contributed by atoms with van der Waals surface area (Å²) >= 11 is 0. The molecule has 0 aliphatic carbocycles. The molecule has 0 spiro atoms. The van der Waals surface area contributed by atoms with Gasteiger partial charge in [0, 0.05) is 307 Å². The molecule has 0 fully saturated rings. The first kappa shape index (κ1) is 230. The Labute approximate surface area is 929 Å². The Bertz CT molecular complexity index is 2020. The maximum atomic E-state index is 8.63. The molecule has 0 saturated carbocycles. The minimum absolute atomic E-state index is 0. The van der Waals surface area contributed by atoms with E-state index in [1.54, 1.807) is 194 Å². The van der Waals surface area contributed by atoms with Crippen molar-refractivity contribution in [1.82, 2.24) is 0 Å². The molecule has 26 heteroatoms. The van der Waals surface area contributed by atoms with E-state index in [0.29, 0.717) is 46.0 Å². The standard InChI is InChI=1S/8C6H6O.2C6H6.9C2H6.11CH4O.7CH3.7Y/c8*7-6-4-2-1-3-5-6;2*1-2-4-6-5-3-1;20*1-2;;;;;;;;;;;;;;/h8*1-5,7H;2*1-6H;9*1-2H3;11*2H,1H3;7*1H3;;;;;;;/q;;;;;;;;;;;;;;;;;;;;;;;;;;;;;;7*-1;;;;;;;. The number of hydrogen-bond donors (Lipinski definition) is 19. The first-order chi connectivity index (χ1) is 53.2. The van der Waals surface area contributed by atoms with Crippen LogP contribution in [0.15, 0.2) is 315 Å². The van der Waals surface area contributed by atoms with Crippen molar-refractivity contribution in [1.29, 1.82) is 0 Å². The molecule has 0 amide bonds. The first-order valence-corrected chi connectivity index (χ1v) is 35.0. The third-order valence-electron chi connectivity index (χ3n) is 7.38. The number of para-hydroxylation sites is 8. The molecule has 0 atom stereocenters. The van der Waals surface area contributed by atoms with Gasteiger partial charge in [-0.25, -0.2) is 0 Å². The first-order valence-electron chi connectivity index (χ1n) is 35.0. The van der Waals surface area contributed by atoms with E-state index in [0.717, 1.165) is 78.2 Å². The zero-order valence-corrected chi connectivity index (χ0v) is 102. The predicted octanol–water partition coefficient (Wildman–Crippen LogP) is 22.6. The Morgan fingerprint density at radius 2 is 0.131 bits per heavy atom. The SMILES string of the molecule is CC.CC.CC.CC.CC.CC.CC.CC.CC.CO.CO.CO.CO.CO.CO.CO.CO.CO.CO.CO.Oc1ccccc1.Oc1ccccc1.Oc1ccccc1.Oc1ccccc1.Oc1ccccc1.Oc1ccccc1.Oc1ccccc1.Oc1ccccc1.[CH3-].[CH3-].[CH3-].[CH3-].[CH3-].[CH3-].[CH3-].[Y].[Y].[Y].[Y].[Y].[Y].[Y].c1ccccc1.c1ccccc1. The van der Waals surface area contributed by atoms with Crippen molar-refractivity contribution >= 4 is 0 Å². The third kappa shape index (κ3) is 295. The van der Waals surface area contributed by atoms with Crippen LogP contribution in [0.1, 0.15) is 125 Å². The largest absolute Gasteiger partial charge is 0.508 e. The summed E-state index contributed by atoms with van der Waals surface area (Å²) in [5.41, 5.74) is 0. The summed E-state index contributed by atoms with van der Waals surface area (Å²) in [6.07, 6.45) is 0. The van der Waals surface area contributed by atoms with Gasteiger partial charge in [-0.05, 0) is 97.1 Å². The molecule has 0 aromatic heterocycles. The molecule has 0 unspecified atom stereocenters. The molecule has 10 aromatic carbocycles. The van der Waals surface area contributed by atoms with E-state index in [9.17, 15) is 0 Å². The molecule has 0 aliphatic heterocycles. The van der Waals surface area contributed by atoms with E-state index >= 15 is 0 Å². The van der Waals surface area contributed by atoms with E-state index in [-0.39, 0.29) is 281 Å². The molecule has 0 bridgehead atoms. The zero-order chi connectivity index (χ0) is 89.4. The van der Waals surface area contributed by atoms with Crippen molar-refractivity contribution in [3.63, 3.8) is 0 Å². The van der Waals surface area contributed by atoms with Gasteiger partial charge in [0.25, 0.3) is 0 Å². The minimum atomic E-state index is 0. The number of benzene rings is 10. The summed E-state index contributed by atoms with van der Waals surface area (Å²) in [7, 11) is 11.0. The van der Waals surface area contributed by atoms with Gasteiger partial charge >= 0.3 is 0 Å². The van der Waals surface area contributed by atoms with E-state index in [4.69, 9.17) is 97.0 Å². The monoisotopic (exact) mass is 2260 g/mol. The van der Waals surface area contributed by atoms with Crippen molar-refractivity contribution in [3.8, 4) is 46.0 Å². The van der Waals surface area contributed by atoms with Crippen LogP contribution >= 0.6 is 0 Å². The summed E-state index contributed by atoms with van der Waals surface area (Å²) in [5, 5.41) is 146. The summed E-state index contributed by atoms with van der Waals surface area (Å²) in [5.74, 6) is 2.57. The smallest absolute Gasteiger partial charge is 0.115 e. The van der Waals surface area contributed by atoms with Crippen LogP contribution in [-0.2, 0) is 229 Å². The average molecular weight is 2260 g/mol. The Kier molecular flexibility index (Phi) is 570. The van der Waals surface area contributed by atoms with Crippen molar-refractivity contribution in [3.05, 3.63) is 367 Å². The molecule has 705 valence electrons. The minimum Gasteiger partial charge on any atom is -0.508 e. The van der Waals surface area contributed by atoms with Crippen LogP contribution in [0, 0.1) is 52.0 Å². The number of aliphatic hydroxyl groups is 11. The quantitative estimate of drug-likeness (QED) is 0.0627. The second-order valence-corrected chi connectivity index (χ2v) is 13.0. The van der Waals surface area contributed by atoms with Crippen LogP contribution in [0.4, 0.5) is 0 Å². The van der Waals surface area contributed by atoms with Gasteiger partial charge in [-0.15, -0.1) is 0 Å². The summed E-state index contributed by atoms with van der Waals surface area (Å²) in [6, 6.07) is 93.7. The van der Waals surface area contributed by atoms with Gasteiger partial charge in [-0.2, -0.15) is 0 Å². The fourth-order valence-corrected chi connectivity index (χ4v) is 4.19. The summed E-state index contributed by atoms with van der Waals surface area (Å²) in [4.78, 5) is 0. The second kappa shape index (κ2) is 303. The molecule has 0 heterocycles. The molecule has 7 radical (unpaired) electrons. The summed E-state index contributed by atoms with van der Waals surface area (Å²) < 4.78 is 0. The molecular weight excluding hydrogens is 2080 g/mol. The Morgan fingerprint density at radius 3 is 0.156 bits per heavy atom. The maximum Gasteiger partial charge on any atom is 0.115 e. The van der Waals surface area contributed by atoms with Gasteiger partial charge in [-0.1, -0.05) is 343 Å². The number of aromatic hydroxyl groups is 8. The zero-order valence-electron chi connectivity index (χ0n) is 82.6. The van der Waals surface area contributed by atoms with Crippen LogP contribution in [0.5, 0.6) is 46.0 Å². The van der Waals surface area contributed by atoms with Crippen LogP contribution in [0.2, 0.25) is 0 Å². The number of phenolic OH excluding ortho intramolecular Hbond substituents is 8. The average Bonchev–Trinajstić information content (AvgIpc) is 1.05. The number of aliphatic hydroxyl groups excluding tert-OH is 11. The Hall–Kier alpha value is -2.11. The van der Waals surface area contributed by atoms with Gasteiger partial charge in [0.05, 0.1) is 0 Å². The van der Waals surface area contributed by atoms with Crippen molar-refractivity contribution < 1.29 is 326 Å². The number of phenols is 8. The van der Waals surface area contributed by atoms with E-state index in [1.807, 2.05) is 246 Å². The van der Waals surface area contributed by atoms with Crippen LogP contribution in [0.3, 0.4) is 0 Å². The van der Waals surface area contributed by atoms with Crippen molar-refractivity contribution in [2.75, 3.05) is 78.2 Å². The van der Waals surface area contributed by atoms with Gasteiger partial charge in [0.2, 0.25) is 0 Å². The molecule has 10 aromatic rings. The van der Waals surface area contributed by atoms with E-state index in [2.05, 4.69) is 0 Å². The van der Waals surface area contributed by atoms with Crippen LogP contribution in [-0.4, -0.2) is 175 Å². The summed E-state index contributed by atoms with van der Waals surface area (Å²) in [6.45, 7) is 36.0. The van der Waals surface area contributed by atoms with Crippen LogP contribution < -0.4 is 0 Å². The molecule has 0 saturated heterocycles. The maximum absolute atomic E-state index is 8.63. The predicted molar refractivity (Wildman–Crippen MR) is 514 cm³/mol. The van der Waals surface area contributed by atoms with Crippen LogP contribution in [0.25, 0.3) is 0 Å². The molecular formula is C96H179O19Y7-7. The topological polar surface area (TPSA) is 384 Å².